The van der Waals surface area contributed by atoms with Gasteiger partial charge in [0.05, 0.1) is 10.4 Å². The standard InChI is InChI=1S/C18H23ClN4O2S/c1-12-11-20-17(19)22-16(12)21-14-8-7-13-6-5-9-23(15(13)10-14)26(24,25)18(2,3)4/h7-8,10-11H,5-6,9H2,1-4H3,(H,20,21,22). The Bertz CT molecular complexity index is 939. The van der Waals surface area contributed by atoms with Gasteiger partial charge in [-0.3, -0.25) is 4.31 Å². The van der Waals surface area contributed by atoms with Gasteiger partial charge < -0.3 is 5.32 Å². The summed E-state index contributed by atoms with van der Waals surface area (Å²) in [6.07, 6.45) is 3.33. The Kier molecular flexibility index (Phi) is 4.88. The summed E-state index contributed by atoms with van der Waals surface area (Å²) in [5.74, 6) is 0.603. The minimum Gasteiger partial charge on any atom is -0.340 e. The van der Waals surface area contributed by atoms with Crippen molar-refractivity contribution in [2.75, 3.05) is 16.2 Å². The van der Waals surface area contributed by atoms with Crippen LogP contribution in [0, 0.1) is 6.92 Å². The molecule has 1 aromatic heterocycles. The number of nitrogens with one attached hydrogen (secondary N) is 1. The van der Waals surface area contributed by atoms with E-state index in [4.69, 9.17) is 11.6 Å². The quantitative estimate of drug-likeness (QED) is 0.794. The maximum absolute atomic E-state index is 13.0. The molecule has 140 valence electrons. The Morgan fingerprint density at radius 3 is 2.69 bits per heavy atom. The average Bonchev–Trinajstić information content (AvgIpc) is 2.56. The minimum atomic E-state index is -3.46. The van der Waals surface area contributed by atoms with Crippen molar-refractivity contribution >= 4 is 38.8 Å². The smallest absolute Gasteiger partial charge is 0.240 e. The molecule has 0 saturated carbocycles. The fourth-order valence-electron chi connectivity index (χ4n) is 2.88. The van der Waals surface area contributed by atoms with E-state index in [2.05, 4.69) is 15.3 Å². The summed E-state index contributed by atoms with van der Waals surface area (Å²) >= 11 is 5.88. The predicted octanol–water partition coefficient (Wildman–Crippen LogP) is 4.06. The number of aryl methyl sites for hydroxylation is 2. The van der Waals surface area contributed by atoms with E-state index in [-0.39, 0.29) is 5.28 Å². The molecule has 26 heavy (non-hydrogen) atoms. The highest BCUT2D eigenvalue weighted by atomic mass is 35.5. The van der Waals surface area contributed by atoms with Gasteiger partial charge in [0.2, 0.25) is 15.3 Å². The topological polar surface area (TPSA) is 75.2 Å². The van der Waals surface area contributed by atoms with Gasteiger partial charge in [-0.05, 0) is 69.8 Å². The number of rotatable bonds is 3. The maximum atomic E-state index is 13.0. The third kappa shape index (κ3) is 3.50. The molecule has 2 aromatic rings. The first-order valence-corrected chi connectivity index (χ1v) is 10.3. The highest BCUT2D eigenvalue weighted by Crippen LogP contribution is 2.36. The van der Waals surface area contributed by atoms with Crippen LogP contribution in [-0.4, -0.2) is 29.7 Å². The molecule has 0 aliphatic carbocycles. The molecule has 0 radical (unpaired) electrons. The van der Waals surface area contributed by atoms with E-state index >= 15 is 0 Å². The molecule has 1 aromatic carbocycles. The summed E-state index contributed by atoms with van der Waals surface area (Å²) in [6, 6.07) is 5.77. The van der Waals surface area contributed by atoms with Crippen molar-refractivity contribution in [3.05, 3.63) is 40.8 Å². The van der Waals surface area contributed by atoms with Gasteiger partial charge in [0.1, 0.15) is 5.82 Å². The molecule has 0 saturated heterocycles. The number of aromatic nitrogens is 2. The summed E-state index contributed by atoms with van der Waals surface area (Å²) in [4.78, 5) is 8.15. The molecule has 2 heterocycles. The van der Waals surface area contributed by atoms with Crippen molar-refractivity contribution < 1.29 is 8.42 Å². The van der Waals surface area contributed by atoms with E-state index in [9.17, 15) is 8.42 Å². The molecule has 3 rings (SSSR count). The van der Waals surface area contributed by atoms with E-state index < -0.39 is 14.8 Å². The fourth-order valence-corrected chi connectivity index (χ4v) is 4.48. The Labute approximate surface area is 159 Å². The molecular weight excluding hydrogens is 372 g/mol. The number of fused-ring (bicyclic) bond motifs is 1. The van der Waals surface area contributed by atoms with Crippen molar-refractivity contribution in [2.45, 2.75) is 45.3 Å². The fraction of sp³-hybridized carbons (Fsp3) is 0.444. The first kappa shape index (κ1) is 18.9. The molecule has 0 fully saturated rings. The second-order valence-electron chi connectivity index (χ2n) is 7.43. The average molecular weight is 395 g/mol. The van der Waals surface area contributed by atoms with Crippen LogP contribution in [-0.2, 0) is 16.4 Å². The number of hydrogen-bond donors (Lipinski definition) is 1. The lowest BCUT2D eigenvalue weighted by Crippen LogP contribution is -2.45. The lowest BCUT2D eigenvalue weighted by atomic mass is 10.0. The number of nitrogens with zero attached hydrogens (tertiary/aromatic N) is 3. The lowest BCUT2D eigenvalue weighted by Gasteiger charge is -2.35. The lowest BCUT2D eigenvalue weighted by molar-refractivity contribution is 0.551. The van der Waals surface area contributed by atoms with Gasteiger partial charge in [0.25, 0.3) is 0 Å². The van der Waals surface area contributed by atoms with Crippen molar-refractivity contribution in [3.63, 3.8) is 0 Å². The van der Waals surface area contributed by atoms with Gasteiger partial charge >= 0.3 is 0 Å². The number of sulfonamides is 1. The molecular formula is C18H23ClN4O2S. The van der Waals surface area contributed by atoms with Crippen LogP contribution < -0.4 is 9.62 Å². The SMILES string of the molecule is Cc1cnc(Cl)nc1Nc1ccc2c(c1)N(S(=O)(=O)C(C)(C)C)CCC2. The Balaban J connectivity index is 2.01. The van der Waals surface area contributed by atoms with Gasteiger partial charge in [0.15, 0.2) is 0 Å². The first-order chi connectivity index (χ1) is 12.1. The zero-order valence-corrected chi connectivity index (χ0v) is 16.9. The molecule has 8 heteroatoms. The molecule has 0 bridgehead atoms. The molecule has 1 N–H and O–H groups in total. The highest BCUT2D eigenvalue weighted by molar-refractivity contribution is 7.94. The molecule has 0 spiro atoms. The van der Waals surface area contributed by atoms with Crippen LogP contribution in [0.5, 0.6) is 0 Å². The van der Waals surface area contributed by atoms with Crippen molar-refractivity contribution in [1.82, 2.24) is 9.97 Å². The van der Waals surface area contributed by atoms with Crippen LogP contribution in [0.25, 0.3) is 0 Å². The third-order valence-electron chi connectivity index (χ3n) is 4.43. The Morgan fingerprint density at radius 1 is 1.27 bits per heavy atom. The van der Waals surface area contributed by atoms with E-state index in [1.54, 1.807) is 27.0 Å². The van der Waals surface area contributed by atoms with Crippen LogP contribution in [0.15, 0.2) is 24.4 Å². The Morgan fingerprint density at radius 2 is 2.00 bits per heavy atom. The van der Waals surface area contributed by atoms with Crippen LogP contribution in [0.2, 0.25) is 5.28 Å². The minimum absolute atomic E-state index is 0.160. The molecule has 0 unspecified atom stereocenters. The molecule has 1 aliphatic rings. The van der Waals surface area contributed by atoms with E-state index in [0.717, 1.165) is 35.3 Å². The molecule has 0 atom stereocenters. The normalized spacial score (nSPS) is 14.9. The number of halogens is 1. The van der Waals surface area contributed by atoms with Crippen molar-refractivity contribution in [2.24, 2.45) is 0 Å². The largest absolute Gasteiger partial charge is 0.340 e. The van der Waals surface area contributed by atoms with Gasteiger partial charge in [-0.15, -0.1) is 0 Å². The van der Waals surface area contributed by atoms with E-state index in [0.29, 0.717) is 12.4 Å². The highest BCUT2D eigenvalue weighted by Gasteiger charge is 2.37. The zero-order valence-electron chi connectivity index (χ0n) is 15.4. The van der Waals surface area contributed by atoms with E-state index in [1.807, 2.05) is 25.1 Å². The summed E-state index contributed by atoms with van der Waals surface area (Å²) < 4.78 is 26.7. The van der Waals surface area contributed by atoms with Crippen LogP contribution >= 0.6 is 11.6 Å². The van der Waals surface area contributed by atoms with Crippen molar-refractivity contribution in [1.29, 1.82) is 0 Å². The first-order valence-electron chi connectivity index (χ1n) is 8.51. The third-order valence-corrected chi connectivity index (χ3v) is 7.12. The number of benzene rings is 1. The van der Waals surface area contributed by atoms with E-state index in [1.165, 1.54) is 4.31 Å². The van der Waals surface area contributed by atoms with Gasteiger partial charge in [0, 0.05) is 24.0 Å². The Hall–Kier alpha value is -1.86. The summed E-state index contributed by atoms with van der Waals surface area (Å²) in [5.41, 5.74) is 3.38. The van der Waals surface area contributed by atoms with Crippen molar-refractivity contribution in [3.8, 4) is 0 Å². The monoisotopic (exact) mass is 394 g/mol. The van der Waals surface area contributed by atoms with Crippen LogP contribution in [0.4, 0.5) is 17.2 Å². The summed E-state index contributed by atoms with van der Waals surface area (Å²) in [5, 5.41) is 3.38. The second-order valence-corrected chi connectivity index (χ2v) is 10.4. The van der Waals surface area contributed by atoms with Crippen LogP contribution in [0.1, 0.15) is 38.3 Å². The number of anilines is 3. The summed E-state index contributed by atoms with van der Waals surface area (Å²) in [6.45, 7) is 7.56. The second kappa shape index (κ2) is 6.70. The van der Waals surface area contributed by atoms with Gasteiger partial charge in [-0.2, -0.15) is 0 Å². The summed E-state index contributed by atoms with van der Waals surface area (Å²) in [7, 11) is -3.46. The molecule has 1 aliphatic heterocycles. The van der Waals surface area contributed by atoms with Gasteiger partial charge in [-0.25, -0.2) is 18.4 Å². The number of hydrogen-bond acceptors (Lipinski definition) is 5. The maximum Gasteiger partial charge on any atom is 0.240 e. The molecule has 0 amide bonds. The van der Waals surface area contributed by atoms with Crippen LogP contribution in [0.3, 0.4) is 0 Å². The van der Waals surface area contributed by atoms with Gasteiger partial charge in [-0.1, -0.05) is 6.07 Å². The predicted molar refractivity (Wildman–Crippen MR) is 106 cm³/mol. The molecule has 6 nitrogen and oxygen atoms in total. The zero-order chi connectivity index (χ0) is 19.1.